The van der Waals surface area contributed by atoms with Crippen LogP contribution in [0.1, 0.15) is 19.3 Å². The van der Waals surface area contributed by atoms with Crippen molar-refractivity contribution in [3.63, 3.8) is 0 Å². The standard InChI is InChI=1S/C13H21N5O/c1-18(2)11-8-12(17-16-9-11)14-6-7-15-13(19)10-4-3-5-10/h8-10H,3-7H2,1-2H3,(H,14,17)(H,15,19). The van der Waals surface area contributed by atoms with Crippen LogP contribution in [-0.2, 0) is 4.79 Å². The van der Waals surface area contributed by atoms with Crippen molar-refractivity contribution in [2.24, 2.45) is 5.92 Å². The smallest absolute Gasteiger partial charge is 0.223 e. The molecule has 2 rings (SSSR count). The predicted molar refractivity (Wildman–Crippen MR) is 75.2 cm³/mol. The van der Waals surface area contributed by atoms with Gasteiger partial charge in [0.15, 0.2) is 5.82 Å². The molecule has 0 radical (unpaired) electrons. The van der Waals surface area contributed by atoms with Gasteiger partial charge in [0.25, 0.3) is 0 Å². The predicted octanol–water partition coefficient (Wildman–Crippen LogP) is 0.871. The average Bonchev–Trinajstić information content (AvgIpc) is 2.33. The molecule has 1 aromatic rings. The van der Waals surface area contributed by atoms with Gasteiger partial charge in [-0.1, -0.05) is 6.42 Å². The van der Waals surface area contributed by atoms with Gasteiger partial charge in [-0.05, 0) is 12.8 Å². The molecular formula is C13H21N5O. The third kappa shape index (κ3) is 3.81. The zero-order valence-corrected chi connectivity index (χ0v) is 11.5. The third-order valence-corrected chi connectivity index (χ3v) is 3.36. The molecule has 0 aromatic carbocycles. The van der Waals surface area contributed by atoms with E-state index >= 15 is 0 Å². The van der Waals surface area contributed by atoms with E-state index in [1.165, 1.54) is 6.42 Å². The van der Waals surface area contributed by atoms with Gasteiger partial charge in [-0.25, -0.2) is 0 Å². The molecule has 1 aliphatic rings. The van der Waals surface area contributed by atoms with Crippen molar-refractivity contribution >= 4 is 17.4 Å². The van der Waals surface area contributed by atoms with Gasteiger partial charge >= 0.3 is 0 Å². The lowest BCUT2D eigenvalue weighted by atomic mass is 9.85. The van der Waals surface area contributed by atoms with Crippen LogP contribution in [0.3, 0.4) is 0 Å². The van der Waals surface area contributed by atoms with Gasteiger partial charge < -0.3 is 15.5 Å². The topological polar surface area (TPSA) is 70.2 Å². The minimum atomic E-state index is 0.182. The van der Waals surface area contributed by atoms with Crippen LogP contribution in [0.5, 0.6) is 0 Å². The molecule has 1 heterocycles. The van der Waals surface area contributed by atoms with Crippen LogP contribution in [0.15, 0.2) is 12.3 Å². The van der Waals surface area contributed by atoms with E-state index in [2.05, 4.69) is 20.8 Å². The fourth-order valence-electron chi connectivity index (χ4n) is 1.88. The van der Waals surface area contributed by atoms with Gasteiger partial charge in [0.1, 0.15) is 0 Å². The molecule has 6 heteroatoms. The summed E-state index contributed by atoms with van der Waals surface area (Å²) in [5.74, 6) is 1.15. The molecule has 1 fully saturated rings. The number of carbonyl (C=O) groups excluding carboxylic acids is 1. The van der Waals surface area contributed by atoms with Crippen LogP contribution < -0.4 is 15.5 Å². The fraction of sp³-hybridized carbons (Fsp3) is 0.615. The normalized spacial score (nSPS) is 14.6. The second-order valence-electron chi connectivity index (χ2n) is 5.04. The summed E-state index contributed by atoms with van der Waals surface area (Å²) < 4.78 is 0. The van der Waals surface area contributed by atoms with Crippen LogP contribution in [0, 0.1) is 5.92 Å². The molecule has 0 atom stereocenters. The Morgan fingerprint density at radius 3 is 2.84 bits per heavy atom. The third-order valence-electron chi connectivity index (χ3n) is 3.36. The van der Waals surface area contributed by atoms with E-state index in [4.69, 9.17) is 0 Å². The van der Waals surface area contributed by atoms with E-state index in [-0.39, 0.29) is 11.8 Å². The molecule has 0 bridgehead atoms. The summed E-state index contributed by atoms with van der Waals surface area (Å²) in [6.07, 6.45) is 4.97. The molecule has 0 unspecified atom stereocenters. The van der Waals surface area contributed by atoms with E-state index in [9.17, 15) is 4.79 Å². The molecule has 19 heavy (non-hydrogen) atoms. The number of nitrogens with zero attached hydrogens (tertiary/aromatic N) is 3. The van der Waals surface area contributed by atoms with Crippen molar-refractivity contribution in [3.05, 3.63) is 12.3 Å². The number of aromatic nitrogens is 2. The Hall–Kier alpha value is -1.85. The highest BCUT2D eigenvalue weighted by Crippen LogP contribution is 2.25. The number of rotatable bonds is 6. The Bertz CT molecular complexity index is 431. The van der Waals surface area contributed by atoms with Gasteiger partial charge in [-0.2, -0.15) is 5.10 Å². The van der Waals surface area contributed by atoms with Crippen molar-refractivity contribution in [2.75, 3.05) is 37.4 Å². The van der Waals surface area contributed by atoms with Crippen molar-refractivity contribution in [3.8, 4) is 0 Å². The number of anilines is 2. The molecule has 2 N–H and O–H groups in total. The molecule has 104 valence electrons. The van der Waals surface area contributed by atoms with Crippen molar-refractivity contribution < 1.29 is 4.79 Å². The largest absolute Gasteiger partial charge is 0.376 e. The highest BCUT2D eigenvalue weighted by Gasteiger charge is 2.24. The van der Waals surface area contributed by atoms with Crippen molar-refractivity contribution in [2.45, 2.75) is 19.3 Å². The fourth-order valence-corrected chi connectivity index (χ4v) is 1.88. The van der Waals surface area contributed by atoms with Crippen LogP contribution in [-0.4, -0.2) is 43.3 Å². The Balaban J connectivity index is 1.70. The first-order valence-corrected chi connectivity index (χ1v) is 6.68. The first kappa shape index (κ1) is 13.6. The SMILES string of the molecule is CN(C)c1cnnc(NCCNC(=O)C2CCC2)c1. The summed E-state index contributed by atoms with van der Waals surface area (Å²) in [6.45, 7) is 1.27. The molecule has 1 aromatic heterocycles. The number of nitrogens with one attached hydrogen (secondary N) is 2. The van der Waals surface area contributed by atoms with E-state index in [0.29, 0.717) is 13.1 Å². The monoisotopic (exact) mass is 263 g/mol. The summed E-state index contributed by atoms with van der Waals surface area (Å²) in [5, 5.41) is 14.0. The zero-order valence-electron chi connectivity index (χ0n) is 11.5. The number of carbonyl (C=O) groups is 1. The Kier molecular flexibility index (Phi) is 4.54. The maximum absolute atomic E-state index is 11.6. The lowest BCUT2D eigenvalue weighted by Gasteiger charge is -2.24. The van der Waals surface area contributed by atoms with Gasteiger partial charge in [0.05, 0.1) is 11.9 Å². The maximum atomic E-state index is 11.6. The highest BCUT2D eigenvalue weighted by molar-refractivity contribution is 5.79. The van der Waals surface area contributed by atoms with Gasteiger partial charge in [-0.3, -0.25) is 4.79 Å². The van der Waals surface area contributed by atoms with E-state index in [1.54, 1.807) is 6.20 Å². The Morgan fingerprint density at radius 2 is 2.21 bits per heavy atom. The molecular weight excluding hydrogens is 242 g/mol. The van der Waals surface area contributed by atoms with E-state index in [1.807, 2.05) is 25.1 Å². The van der Waals surface area contributed by atoms with Crippen molar-refractivity contribution in [1.82, 2.24) is 15.5 Å². The molecule has 6 nitrogen and oxygen atoms in total. The average molecular weight is 263 g/mol. The molecule has 0 spiro atoms. The first-order chi connectivity index (χ1) is 9.16. The minimum Gasteiger partial charge on any atom is -0.376 e. The van der Waals surface area contributed by atoms with Crippen LogP contribution in [0.2, 0.25) is 0 Å². The Morgan fingerprint density at radius 1 is 1.42 bits per heavy atom. The number of hydrogen-bond acceptors (Lipinski definition) is 5. The second kappa shape index (κ2) is 6.36. The first-order valence-electron chi connectivity index (χ1n) is 6.68. The van der Waals surface area contributed by atoms with E-state index in [0.717, 1.165) is 24.3 Å². The maximum Gasteiger partial charge on any atom is 0.223 e. The minimum absolute atomic E-state index is 0.182. The summed E-state index contributed by atoms with van der Waals surface area (Å²) in [5.41, 5.74) is 0.996. The summed E-state index contributed by atoms with van der Waals surface area (Å²) in [7, 11) is 3.92. The van der Waals surface area contributed by atoms with Gasteiger partial charge in [0, 0.05) is 39.2 Å². The van der Waals surface area contributed by atoms with Gasteiger partial charge in [-0.15, -0.1) is 5.10 Å². The van der Waals surface area contributed by atoms with Gasteiger partial charge in [0.2, 0.25) is 5.91 Å². The number of hydrogen-bond donors (Lipinski definition) is 2. The Labute approximate surface area is 113 Å². The lowest BCUT2D eigenvalue weighted by Crippen LogP contribution is -2.36. The van der Waals surface area contributed by atoms with Crippen LogP contribution in [0.25, 0.3) is 0 Å². The molecule has 1 aliphatic carbocycles. The summed E-state index contributed by atoms with van der Waals surface area (Å²) in [6, 6.07) is 1.93. The van der Waals surface area contributed by atoms with Crippen LogP contribution in [0.4, 0.5) is 11.5 Å². The van der Waals surface area contributed by atoms with Crippen molar-refractivity contribution in [1.29, 1.82) is 0 Å². The summed E-state index contributed by atoms with van der Waals surface area (Å²) >= 11 is 0. The molecule has 0 aliphatic heterocycles. The second-order valence-corrected chi connectivity index (χ2v) is 5.04. The molecule has 1 amide bonds. The highest BCUT2D eigenvalue weighted by atomic mass is 16.1. The molecule has 0 saturated heterocycles. The quantitative estimate of drug-likeness (QED) is 0.745. The van der Waals surface area contributed by atoms with Crippen LogP contribution >= 0.6 is 0 Å². The lowest BCUT2D eigenvalue weighted by molar-refractivity contribution is -0.127. The molecule has 1 saturated carbocycles. The zero-order chi connectivity index (χ0) is 13.7. The number of amides is 1. The summed E-state index contributed by atoms with van der Waals surface area (Å²) in [4.78, 5) is 13.6. The van der Waals surface area contributed by atoms with E-state index < -0.39 is 0 Å².